The molecule has 0 aliphatic carbocycles. The molecule has 0 spiro atoms. The van der Waals surface area contributed by atoms with Gasteiger partial charge in [0.2, 0.25) is 0 Å². The third-order valence-corrected chi connectivity index (χ3v) is 3.44. The van der Waals surface area contributed by atoms with Crippen LogP contribution in [0, 0.1) is 5.92 Å². The number of hydrogen-bond acceptors (Lipinski definition) is 6. The smallest absolute Gasteiger partial charge is 0.451 e. The summed E-state index contributed by atoms with van der Waals surface area (Å²) in [6, 6.07) is -0.175. The van der Waals surface area contributed by atoms with Gasteiger partial charge in [0.05, 0.1) is 6.61 Å². The average molecular weight is 304 g/mol. The summed E-state index contributed by atoms with van der Waals surface area (Å²) >= 11 is 0. The summed E-state index contributed by atoms with van der Waals surface area (Å²) in [5, 5.41) is 39.1. The number of carboxylic acids is 1. The Morgan fingerprint density at radius 1 is 1.33 bits per heavy atom. The SMILES string of the molecule is CC(C)C[C@@H](CO)NCC(N)(CCCCB(O)O)C(=O)O. The highest BCUT2D eigenvalue weighted by Gasteiger charge is 2.33. The maximum atomic E-state index is 11.3. The molecule has 0 saturated heterocycles. The monoisotopic (exact) mass is 304 g/mol. The summed E-state index contributed by atoms with van der Waals surface area (Å²) in [5.74, 6) is -0.710. The molecule has 2 atom stereocenters. The number of hydrogen-bond donors (Lipinski definition) is 6. The molecule has 7 nitrogen and oxygen atoms in total. The first-order chi connectivity index (χ1) is 9.71. The predicted molar refractivity (Wildman–Crippen MR) is 81.7 cm³/mol. The van der Waals surface area contributed by atoms with E-state index in [1.165, 1.54) is 0 Å². The first-order valence-electron chi connectivity index (χ1n) is 7.44. The number of aliphatic carboxylic acids is 1. The van der Waals surface area contributed by atoms with E-state index in [4.69, 9.17) is 15.8 Å². The van der Waals surface area contributed by atoms with E-state index in [9.17, 15) is 15.0 Å². The Kier molecular flexibility index (Phi) is 9.81. The van der Waals surface area contributed by atoms with Crippen molar-refractivity contribution >= 4 is 13.1 Å². The number of carbonyl (C=O) groups is 1. The van der Waals surface area contributed by atoms with Crippen LogP contribution in [0.1, 0.15) is 39.5 Å². The van der Waals surface area contributed by atoms with Crippen LogP contribution in [0.5, 0.6) is 0 Å². The van der Waals surface area contributed by atoms with E-state index in [-0.39, 0.29) is 31.9 Å². The van der Waals surface area contributed by atoms with Crippen molar-refractivity contribution < 1.29 is 25.1 Å². The fourth-order valence-corrected chi connectivity index (χ4v) is 2.16. The van der Waals surface area contributed by atoms with Gasteiger partial charge in [0.15, 0.2) is 0 Å². The summed E-state index contributed by atoms with van der Waals surface area (Å²) < 4.78 is 0. The van der Waals surface area contributed by atoms with Crippen molar-refractivity contribution in [1.82, 2.24) is 5.32 Å². The maximum Gasteiger partial charge on any atom is 0.451 e. The number of nitrogens with two attached hydrogens (primary N) is 1. The van der Waals surface area contributed by atoms with Gasteiger partial charge < -0.3 is 31.3 Å². The summed E-state index contributed by atoms with van der Waals surface area (Å²) in [5.41, 5.74) is 4.51. The van der Waals surface area contributed by atoms with E-state index < -0.39 is 18.6 Å². The normalized spacial score (nSPS) is 15.8. The molecule has 0 aliphatic heterocycles. The van der Waals surface area contributed by atoms with Crippen molar-refractivity contribution in [3.63, 3.8) is 0 Å². The van der Waals surface area contributed by atoms with Crippen molar-refractivity contribution in [3.05, 3.63) is 0 Å². The van der Waals surface area contributed by atoms with Crippen LogP contribution in [-0.2, 0) is 4.79 Å². The van der Waals surface area contributed by atoms with Crippen molar-refractivity contribution in [3.8, 4) is 0 Å². The molecule has 0 aromatic carbocycles. The molecule has 0 heterocycles. The lowest BCUT2D eigenvalue weighted by atomic mass is 9.82. The fourth-order valence-electron chi connectivity index (χ4n) is 2.16. The zero-order valence-corrected chi connectivity index (χ0v) is 13.0. The minimum Gasteiger partial charge on any atom is -0.480 e. The Bertz CT molecular complexity index is 304. The van der Waals surface area contributed by atoms with E-state index in [1.54, 1.807) is 0 Å². The Balaban J connectivity index is 4.34. The van der Waals surface area contributed by atoms with Gasteiger partial charge in [-0.2, -0.15) is 0 Å². The van der Waals surface area contributed by atoms with Gasteiger partial charge in [0.25, 0.3) is 0 Å². The van der Waals surface area contributed by atoms with Gasteiger partial charge in [0, 0.05) is 12.6 Å². The summed E-state index contributed by atoms with van der Waals surface area (Å²) in [4.78, 5) is 11.3. The Hall–Kier alpha value is -0.665. The van der Waals surface area contributed by atoms with Crippen molar-refractivity contribution in [2.45, 2.75) is 57.4 Å². The number of rotatable bonds is 12. The minimum atomic E-state index is -1.41. The highest BCUT2D eigenvalue weighted by atomic mass is 16.4. The van der Waals surface area contributed by atoms with Crippen LogP contribution in [0.3, 0.4) is 0 Å². The largest absolute Gasteiger partial charge is 0.480 e. The Labute approximate surface area is 126 Å². The molecule has 0 amide bonds. The van der Waals surface area contributed by atoms with E-state index in [0.717, 1.165) is 6.42 Å². The Morgan fingerprint density at radius 3 is 2.38 bits per heavy atom. The number of carboxylic acid groups (broad SMARTS) is 1. The van der Waals surface area contributed by atoms with Gasteiger partial charge >= 0.3 is 13.1 Å². The fraction of sp³-hybridized carbons (Fsp3) is 0.923. The van der Waals surface area contributed by atoms with Crippen LogP contribution < -0.4 is 11.1 Å². The molecule has 1 unspecified atom stereocenters. The summed E-state index contributed by atoms with van der Waals surface area (Å²) in [6.45, 7) is 4.06. The summed E-state index contributed by atoms with van der Waals surface area (Å²) in [7, 11) is -1.37. The molecule has 124 valence electrons. The Morgan fingerprint density at radius 2 is 1.95 bits per heavy atom. The third kappa shape index (κ3) is 9.05. The van der Waals surface area contributed by atoms with Crippen LogP contribution in [0.25, 0.3) is 0 Å². The topological polar surface area (TPSA) is 136 Å². The third-order valence-electron chi connectivity index (χ3n) is 3.44. The lowest BCUT2D eigenvalue weighted by Crippen LogP contribution is -2.57. The highest BCUT2D eigenvalue weighted by molar-refractivity contribution is 6.40. The van der Waals surface area contributed by atoms with Gasteiger partial charge in [-0.25, -0.2) is 0 Å². The number of nitrogens with one attached hydrogen (secondary N) is 1. The molecular weight excluding hydrogens is 275 g/mol. The van der Waals surface area contributed by atoms with Gasteiger partial charge in [-0.05, 0) is 25.1 Å². The molecule has 21 heavy (non-hydrogen) atoms. The van der Waals surface area contributed by atoms with Crippen LogP contribution in [0.15, 0.2) is 0 Å². The molecule has 0 bridgehead atoms. The second-order valence-corrected chi connectivity index (χ2v) is 6.08. The van der Waals surface area contributed by atoms with Gasteiger partial charge in [-0.15, -0.1) is 0 Å². The van der Waals surface area contributed by atoms with Crippen LogP contribution in [0.2, 0.25) is 6.32 Å². The van der Waals surface area contributed by atoms with Crippen LogP contribution in [0.4, 0.5) is 0 Å². The van der Waals surface area contributed by atoms with E-state index in [1.807, 2.05) is 13.8 Å². The number of aliphatic hydroxyl groups is 1. The van der Waals surface area contributed by atoms with Crippen LogP contribution >= 0.6 is 0 Å². The molecule has 0 aromatic rings. The van der Waals surface area contributed by atoms with Gasteiger partial charge in [0.1, 0.15) is 5.54 Å². The summed E-state index contributed by atoms with van der Waals surface area (Å²) in [6.07, 6.45) is 2.18. The molecule has 0 rings (SSSR count). The second kappa shape index (κ2) is 10.1. The number of aliphatic hydroxyl groups excluding tert-OH is 1. The zero-order chi connectivity index (χ0) is 16.5. The molecule has 0 aromatic heterocycles. The van der Waals surface area contributed by atoms with E-state index in [0.29, 0.717) is 18.8 Å². The first kappa shape index (κ1) is 20.3. The lowest BCUT2D eigenvalue weighted by molar-refractivity contribution is -0.143. The quantitative estimate of drug-likeness (QED) is 0.209. The standard InChI is InChI=1S/C13H29BN2O5/c1-10(2)7-11(8-17)16-9-13(15,12(18)19)5-3-4-6-14(20)21/h10-11,16-17,20-21H,3-9,15H2,1-2H3,(H,18,19)/t11-,13?/m0/s1. The molecule has 7 N–H and O–H groups in total. The maximum absolute atomic E-state index is 11.3. The molecular formula is C13H29BN2O5. The van der Waals surface area contributed by atoms with Crippen molar-refractivity contribution in [2.75, 3.05) is 13.2 Å². The first-order valence-corrected chi connectivity index (χ1v) is 7.44. The van der Waals surface area contributed by atoms with E-state index in [2.05, 4.69) is 5.32 Å². The zero-order valence-electron chi connectivity index (χ0n) is 13.0. The van der Waals surface area contributed by atoms with Crippen molar-refractivity contribution in [1.29, 1.82) is 0 Å². The average Bonchev–Trinajstić information content (AvgIpc) is 2.38. The molecule has 0 radical (unpaired) electrons. The molecule has 0 fully saturated rings. The van der Waals surface area contributed by atoms with Gasteiger partial charge in [-0.3, -0.25) is 4.79 Å². The highest BCUT2D eigenvalue weighted by Crippen LogP contribution is 2.14. The van der Waals surface area contributed by atoms with Crippen LogP contribution in [-0.4, -0.2) is 58.1 Å². The van der Waals surface area contributed by atoms with E-state index >= 15 is 0 Å². The molecule has 8 heteroatoms. The van der Waals surface area contributed by atoms with Gasteiger partial charge in [-0.1, -0.05) is 26.7 Å². The minimum absolute atomic E-state index is 0.0649. The van der Waals surface area contributed by atoms with Crippen molar-refractivity contribution in [2.24, 2.45) is 11.7 Å². The molecule has 0 saturated carbocycles. The molecule has 0 aliphatic rings. The lowest BCUT2D eigenvalue weighted by Gasteiger charge is -2.28. The number of unbranched alkanes of at least 4 members (excludes halogenated alkanes) is 1. The predicted octanol–water partition coefficient (Wildman–Crippen LogP) is -0.592. The second-order valence-electron chi connectivity index (χ2n) is 6.08.